The van der Waals surface area contributed by atoms with Crippen molar-refractivity contribution >= 4 is 11.8 Å². The van der Waals surface area contributed by atoms with Crippen LogP contribution in [0.2, 0.25) is 0 Å². The summed E-state index contributed by atoms with van der Waals surface area (Å²) in [5.74, 6) is 0.0800. The summed E-state index contributed by atoms with van der Waals surface area (Å²) in [7, 11) is 0. The van der Waals surface area contributed by atoms with Crippen molar-refractivity contribution in [3.63, 3.8) is 0 Å². The van der Waals surface area contributed by atoms with Crippen LogP contribution in [0.1, 0.15) is 22.3 Å². The number of nitrogens with zero attached hydrogens (tertiary/aromatic N) is 4. The number of likely N-dealkylation sites (tertiary alicyclic amines) is 1. The van der Waals surface area contributed by atoms with Crippen LogP contribution < -0.4 is 0 Å². The molecule has 2 aromatic rings. The second kappa shape index (κ2) is 7.49. The van der Waals surface area contributed by atoms with E-state index < -0.39 is 0 Å². The predicted octanol–water partition coefficient (Wildman–Crippen LogP) is 0.796. The molecular formula is C23H26N4O3. The van der Waals surface area contributed by atoms with E-state index in [4.69, 9.17) is 0 Å². The van der Waals surface area contributed by atoms with E-state index >= 15 is 0 Å². The predicted molar refractivity (Wildman–Crippen MR) is 111 cm³/mol. The van der Waals surface area contributed by atoms with E-state index in [1.807, 2.05) is 40.1 Å². The maximum Gasteiger partial charge on any atom is 0.255 e. The lowest BCUT2D eigenvalue weighted by Gasteiger charge is -2.60. The Morgan fingerprint density at radius 2 is 1.80 bits per heavy atom. The first-order chi connectivity index (χ1) is 14.5. The number of pyridine rings is 1. The Bertz CT molecular complexity index is 930. The minimum absolute atomic E-state index is 0.0300. The van der Waals surface area contributed by atoms with Crippen LogP contribution in [0.15, 0.2) is 54.9 Å². The molecule has 7 nitrogen and oxygen atoms in total. The molecule has 1 spiro atoms. The van der Waals surface area contributed by atoms with Gasteiger partial charge in [0.25, 0.3) is 5.91 Å². The van der Waals surface area contributed by atoms with Crippen LogP contribution in [0, 0.1) is 0 Å². The van der Waals surface area contributed by atoms with Crippen molar-refractivity contribution in [1.29, 1.82) is 0 Å². The number of fused-ring (bicyclic) bond motifs is 2. The van der Waals surface area contributed by atoms with Gasteiger partial charge < -0.3 is 14.9 Å². The lowest BCUT2D eigenvalue weighted by Crippen LogP contribution is -2.79. The van der Waals surface area contributed by atoms with Gasteiger partial charge in [0.15, 0.2) is 0 Å². The highest BCUT2D eigenvalue weighted by Crippen LogP contribution is 2.39. The monoisotopic (exact) mass is 406 g/mol. The number of β-amino-alcohol motifs (C(OH)–C–C–N with tert-alkyl or cyclic N) is 1. The number of carbonyl (C=O) groups is 2. The number of rotatable bonds is 3. The van der Waals surface area contributed by atoms with Crippen LogP contribution in [0.3, 0.4) is 0 Å². The summed E-state index contributed by atoms with van der Waals surface area (Å²) in [5, 5.41) is 10.3. The highest BCUT2D eigenvalue weighted by molar-refractivity contribution is 5.94. The van der Waals surface area contributed by atoms with Gasteiger partial charge in [-0.15, -0.1) is 0 Å². The van der Waals surface area contributed by atoms with Gasteiger partial charge in [0.05, 0.1) is 23.6 Å². The zero-order valence-electron chi connectivity index (χ0n) is 16.9. The van der Waals surface area contributed by atoms with E-state index in [9.17, 15) is 14.7 Å². The molecule has 0 unspecified atom stereocenters. The number of aliphatic hydroxyl groups excluding tert-OH is 1. The average molecular weight is 406 g/mol. The van der Waals surface area contributed by atoms with Gasteiger partial charge in [-0.2, -0.15) is 0 Å². The van der Waals surface area contributed by atoms with Crippen LogP contribution in [0.25, 0.3) is 0 Å². The van der Waals surface area contributed by atoms with E-state index in [0.29, 0.717) is 51.1 Å². The van der Waals surface area contributed by atoms with Gasteiger partial charge in [-0.05, 0) is 24.1 Å². The van der Waals surface area contributed by atoms with Crippen molar-refractivity contribution in [2.24, 2.45) is 0 Å². The molecule has 1 N–H and O–H groups in total. The molecule has 1 aromatic heterocycles. The normalized spacial score (nSPS) is 25.1. The highest BCUT2D eigenvalue weighted by atomic mass is 16.3. The number of hydrogen-bond donors (Lipinski definition) is 1. The molecule has 2 atom stereocenters. The molecule has 7 heteroatoms. The molecule has 0 bridgehead atoms. The van der Waals surface area contributed by atoms with E-state index in [1.54, 1.807) is 24.5 Å². The summed E-state index contributed by atoms with van der Waals surface area (Å²) in [5.41, 5.74) is 1.32. The van der Waals surface area contributed by atoms with Gasteiger partial charge in [-0.3, -0.25) is 19.5 Å². The van der Waals surface area contributed by atoms with Crippen molar-refractivity contribution in [2.75, 3.05) is 32.7 Å². The van der Waals surface area contributed by atoms with Crippen molar-refractivity contribution < 1.29 is 14.7 Å². The number of carbonyl (C=O) groups excluding carboxylic acids is 2. The van der Waals surface area contributed by atoms with Gasteiger partial charge in [0.2, 0.25) is 5.91 Å². The van der Waals surface area contributed by atoms with Gasteiger partial charge in [0, 0.05) is 51.2 Å². The average Bonchev–Trinajstić information content (AvgIpc) is 3.12. The van der Waals surface area contributed by atoms with Gasteiger partial charge in [-0.25, -0.2) is 0 Å². The van der Waals surface area contributed by atoms with E-state index in [1.165, 1.54) is 0 Å². The first-order valence-electron chi connectivity index (χ1n) is 10.5. The van der Waals surface area contributed by atoms with Crippen LogP contribution in [0.4, 0.5) is 0 Å². The smallest absolute Gasteiger partial charge is 0.255 e. The second-order valence-corrected chi connectivity index (χ2v) is 8.76. The Morgan fingerprint density at radius 1 is 1.03 bits per heavy atom. The molecule has 3 aliphatic heterocycles. The maximum atomic E-state index is 13.1. The number of aliphatic hydroxyl groups is 1. The Balaban J connectivity index is 1.32. The SMILES string of the molecule is O=C(Cc1ccccc1)N1CC2(C1)CN(C(=O)c1cccnc1)C[C@H]1C[C@@H](O)CN12. The van der Waals surface area contributed by atoms with Gasteiger partial charge in [-0.1, -0.05) is 30.3 Å². The van der Waals surface area contributed by atoms with Crippen molar-refractivity contribution in [3.8, 4) is 0 Å². The summed E-state index contributed by atoms with van der Waals surface area (Å²) in [6.07, 6.45) is 3.93. The summed E-state index contributed by atoms with van der Waals surface area (Å²) in [4.78, 5) is 36.0. The third-order valence-corrected chi connectivity index (χ3v) is 6.63. The Morgan fingerprint density at radius 3 is 2.53 bits per heavy atom. The van der Waals surface area contributed by atoms with Crippen LogP contribution in [0.5, 0.6) is 0 Å². The number of aromatic nitrogens is 1. The third-order valence-electron chi connectivity index (χ3n) is 6.63. The van der Waals surface area contributed by atoms with E-state index in [0.717, 1.165) is 5.56 Å². The molecule has 5 rings (SSSR count). The summed E-state index contributed by atoms with van der Waals surface area (Å²) in [6, 6.07) is 13.5. The number of benzene rings is 1. The van der Waals surface area contributed by atoms with Crippen molar-refractivity contribution in [1.82, 2.24) is 19.7 Å². The summed E-state index contributed by atoms with van der Waals surface area (Å²) in [6.45, 7) is 2.97. The molecule has 2 amide bonds. The zero-order valence-corrected chi connectivity index (χ0v) is 16.9. The molecule has 3 aliphatic rings. The standard InChI is InChI=1S/C23H26N4O3/c28-20-10-19-12-25(22(30)18-7-4-8-24-11-18)14-23(27(19)13-20)15-26(16-23)21(29)9-17-5-2-1-3-6-17/h1-8,11,19-20,28H,9-10,12-16H2/t19-,20-/m1/s1. The molecule has 3 fully saturated rings. The summed E-state index contributed by atoms with van der Waals surface area (Å²) < 4.78 is 0. The molecule has 30 heavy (non-hydrogen) atoms. The topological polar surface area (TPSA) is 77.0 Å². The maximum absolute atomic E-state index is 13.1. The molecule has 0 saturated carbocycles. The molecule has 4 heterocycles. The van der Waals surface area contributed by atoms with Gasteiger partial charge >= 0.3 is 0 Å². The van der Waals surface area contributed by atoms with Crippen LogP contribution >= 0.6 is 0 Å². The highest BCUT2D eigenvalue weighted by Gasteiger charge is 2.57. The largest absolute Gasteiger partial charge is 0.392 e. The number of piperazine rings is 1. The molecular weight excluding hydrogens is 380 g/mol. The van der Waals surface area contributed by atoms with E-state index in [2.05, 4.69) is 9.88 Å². The van der Waals surface area contributed by atoms with Crippen LogP contribution in [-0.2, 0) is 11.2 Å². The fourth-order valence-electron chi connectivity index (χ4n) is 5.24. The molecule has 1 aromatic carbocycles. The van der Waals surface area contributed by atoms with Crippen LogP contribution in [-0.4, -0.2) is 87.0 Å². The van der Waals surface area contributed by atoms with Crippen molar-refractivity contribution in [3.05, 3.63) is 66.0 Å². The fraction of sp³-hybridized carbons (Fsp3) is 0.435. The van der Waals surface area contributed by atoms with E-state index in [-0.39, 0.29) is 29.5 Å². The Hall–Kier alpha value is -2.77. The quantitative estimate of drug-likeness (QED) is 0.816. The first kappa shape index (κ1) is 19.2. The lowest BCUT2D eigenvalue weighted by atomic mass is 9.83. The molecule has 0 radical (unpaired) electrons. The molecule has 0 aliphatic carbocycles. The Labute approximate surface area is 175 Å². The van der Waals surface area contributed by atoms with Crippen molar-refractivity contribution in [2.45, 2.75) is 30.5 Å². The Kier molecular flexibility index (Phi) is 4.79. The number of hydrogen-bond acceptors (Lipinski definition) is 5. The summed E-state index contributed by atoms with van der Waals surface area (Å²) >= 11 is 0. The zero-order chi connectivity index (χ0) is 20.7. The third kappa shape index (κ3) is 3.38. The second-order valence-electron chi connectivity index (χ2n) is 8.76. The fourth-order valence-corrected chi connectivity index (χ4v) is 5.24. The number of amides is 2. The molecule has 156 valence electrons. The first-order valence-corrected chi connectivity index (χ1v) is 10.5. The van der Waals surface area contributed by atoms with Gasteiger partial charge in [0.1, 0.15) is 0 Å². The molecule has 3 saturated heterocycles. The minimum atomic E-state index is -0.380. The minimum Gasteiger partial charge on any atom is -0.392 e. The lowest BCUT2D eigenvalue weighted by molar-refractivity contribution is -0.153.